The molecule has 2 aromatic carbocycles. The van der Waals surface area contributed by atoms with Crippen LogP contribution in [0.1, 0.15) is 23.6 Å². The Morgan fingerprint density at radius 1 is 0.952 bits per heavy atom. The number of rotatable bonds is 5. The Labute approximate surface area is 126 Å². The van der Waals surface area contributed by atoms with E-state index in [4.69, 9.17) is 0 Å². The highest BCUT2D eigenvalue weighted by molar-refractivity contribution is 7.91. The Balaban J connectivity index is 2.30. The van der Waals surface area contributed by atoms with E-state index in [1.54, 1.807) is 19.1 Å². The maximum absolute atomic E-state index is 12.1. The summed E-state index contributed by atoms with van der Waals surface area (Å²) in [5.74, 6) is 0.106. The van der Waals surface area contributed by atoms with E-state index < -0.39 is 9.84 Å². The van der Waals surface area contributed by atoms with E-state index in [2.05, 4.69) is 31.3 Å². The molecule has 21 heavy (non-hydrogen) atoms. The molecule has 0 amide bonds. The average molecular weight is 303 g/mol. The van der Waals surface area contributed by atoms with E-state index in [1.807, 2.05) is 18.2 Å². The van der Waals surface area contributed by atoms with E-state index in [1.165, 1.54) is 16.7 Å². The summed E-state index contributed by atoms with van der Waals surface area (Å²) < 4.78 is 24.3. The molecule has 2 aromatic rings. The molecule has 0 aromatic heterocycles. The lowest BCUT2D eigenvalue weighted by molar-refractivity contribution is 0.597. The summed E-state index contributed by atoms with van der Waals surface area (Å²) in [6.07, 6.45) is 0. The summed E-state index contributed by atoms with van der Waals surface area (Å²) >= 11 is 0. The Kier molecular flexibility index (Phi) is 4.68. The zero-order valence-electron chi connectivity index (χ0n) is 12.7. The van der Waals surface area contributed by atoms with Crippen molar-refractivity contribution in [3.63, 3.8) is 0 Å². The van der Waals surface area contributed by atoms with Gasteiger partial charge in [-0.2, -0.15) is 0 Å². The van der Waals surface area contributed by atoms with Crippen molar-refractivity contribution < 1.29 is 8.42 Å². The zero-order valence-corrected chi connectivity index (χ0v) is 13.5. The molecule has 3 nitrogen and oxygen atoms in total. The second-order valence-electron chi connectivity index (χ2n) is 5.12. The van der Waals surface area contributed by atoms with Crippen molar-refractivity contribution in [3.05, 3.63) is 59.2 Å². The first kappa shape index (κ1) is 15.6. The molecule has 0 heterocycles. The highest BCUT2D eigenvalue weighted by Crippen LogP contribution is 2.23. The van der Waals surface area contributed by atoms with E-state index in [0.29, 0.717) is 17.1 Å². The van der Waals surface area contributed by atoms with Crippen molar-refractivity contribution in [3.8, 4) is 0 Å². The normalized spacial score (nSPS) is 11.4. The van der Waals surface area contributed by atoms with Gasteiger partial charge >= 0.3 is 0 Å². The first-order chi connectivity index (χ1) is 9.95. The van der Waals surface area contributed by atoms with Crippen LogP contribution >= 0.6 is 0 Å². The van der Waals surface area contributed by atoms with Crippen molar-refractivity contribution in [1.29, 1.82) is 0 Å². The number of sulfone groups is 1. The molecule has 0 spiro atoms. The van der Waals surface area contributed by atoms with Crippen LogP contribution in [0.4, 0.5) is 5.69 Å². The van der Waals surface area contributed by atoms with Gasteiger partial charge in [0.1, 0.15) is 0 Å². The topological polar surface area (TPSA) is 46.2 Å². The Hall–Kier alpha value is -1.81. The largest absolute Gasteiger partial charge is 0.380 e. The van der Waals surface area contributed by atoms with Crippen LogP contribution in [0, 0.1) is 13.8 Å². The molecule has 2 rings (SSSR count). The highest BCUT2D eigenvalue weighted by atomic mass is 32.2. The van der Waals surface area contributed by atoms with Crippen molar-refractivity contribution in [2.75, 3.05) is 11.1 Å². The minimum atomic E-state index is -3.22. The van der Waals surface area contributed by atoms with Crippen LogP contribution in [0.25, 0.3) is 0 Å². The molecule has 0 unspecified atom stereocenters. The summed E-state index contributed by atoms with van der Waals surface area (Å²) in [4.78, 5) is 0.374. The van der Waals surface area contributed by atoms with Crippen molar-refractivity contribution in [2.24, 2.45) is 0 Å². The van der Waals surface area contributed by atoms with Crippen LogP contribution in [-0.4, -0.2) is 14.2 Å². The lowest BCUT2D eigenvalue weighted by Gasteiger charge is -2.14. The number of anilines is 1. The standard InChI is InChI=1S/C17H21NO2S/c1-4-21(19,20)17-11-6-5-10-16(17)18-12-15-13(2)8-7-9-14(15)3/h5-11,18H,4,12H2,1-3H3. The Morgan fingerprint density at radius 2 is 1.57 bits per heavy atom. The van der Waals surface area contributed by atoms with Crippen LogP contribution in [0.3, 0.4) is 0 Å². The van der Waals surface area contributed by atoms with Crippen molar-refractivity contribution >= 4 is 15.5 Å². The quantitative estimate of drug-likeness (QED) is 0.916. The highest BCUT2D eigenvalue weighted by Gasteiger charge is 2.16. The average Bonchev–Trinajstić information content (AvgIpc) is 2.47. The summed E-state index contributed by atoms with van der Waals surface area (Å²) in [7, 11) is -3.22. The van der Waals surface area contributed by atoms with Crippen LogP contribution in [0.15, 0.2) is 47.4 Å². The molecular weight excluding hydrogens is 282 g/mol. The Morgan fingerprint density at radius 3 is 2.19 bits per heavy atom. The molecule has 1 N–H and O–H groups in total. The molecule has 0 radical (unpaired) electrons. The second-order valence-corrected chi connectivity index (χ2v) is 7.37. The first-order valence-corrected chi connectivity index (χ1v) is 8.71. The number of nitrogens with one attached hydrogen (secondary N) is 1. The molecule has 0 fully saturated rings. The van der Waals surface area contributed by atoms with Gasteiger partial charge in [-0.15, -0.1) is 0 Å². The van der Waals surface area contributed by atoms with Crippen molar-refractivity contribution in [1.82, 2.24) is 0 Å². The fourth-order valence-corrected chi connectivity index (χ4v) is 3.42. The number of benzene rings is 2. The third-order valence-corrected chi connectivity index (χ3v) is 5.49. The second kappa shape index (κ2) is 6.31. The summed E-state index contributed by atoms with van der Waals surface area (Å²) in [6, 6.07) is 13.2. The van der Waals surface area contributed by atoms with E-state index >= 15 is 0 Å². The molecule has 0 saturated heterocycles. The van der Waals surface area contributed by atoms with Gasteiger partial charge in [0.15, 0.2) is 9.84 Å². The maximum atomic E-state index is 12.1. The first-order valence-electron chi connectivity index (χ1n) is 7.06. The molecule has 0 aliphatic rings. The van der Waals surface area contributed by atoms with Gasteiger partial charge in [0.2, 0.25) is 0 Å². The zero-order chi connectivity index (χ0) is 15.5. The van der Waals surface area contributed by atoms with Gasteiger partial charge in [0, 0.05) is 6.54 Å². The summed E-state index contributed by atoms with van der Waals surface area (Å²) in [5, 5.41) is 3.27. The molecule has 0 aliphatic carbocycles. The number of hydrogen-bond donors (Lipinski definition) is 1. The van der Waals surface area contributed by atoms with Crippen LogP contribution in [0.5, 0.6) is 0 Å². The van der Waals surface area contributed by atoms with Gasteiger partial charge in [0.05, 0.1) is 16.3 Å². The predicted molar refractivity (Wildman–Crippen MR) is 87.4 cm³/mol. The van der Waals surface area contributed by atoms with Gasteiger partial charge in [-0.05, 0) is 42.7 Å². The molecule has 0 bridgehead atoms. The minimum Gasteiger partial charge on any atom is -0.380 e. The van der Waals surface area contributed by atoms with Gasteiger partial charge < -0.3 is 5.32 Å². The molecule has 4 heteroatoms. The maximum Gasteiger partial charge on any atom is 0.180 e. The molecule has 0 saturated carbocycles. The number of aryl methyl sites for hydroxylation is 2. The van der Waals surface area contributed by atoms with Crippen LogP contribution < -0.4 is 5.32 Å². The van der Waals surface area contributed by atoms with E-state index in [9.17, 15) is 8.42 Å². The molecular formula is C17H21NO2S. The lowest BCUT2D eigenvalue weighted by atomic mass is 10.0. The monoisotopic (exact) mass is 303 g/mol. The summed E-state index contributed by atoms with van der Waals surface area (Å²) in [6.45, 7) is 6.42. The third-order valence-electron chi connectivity index (χ3n) is 3.70. The van der Waals surface area contributed by atoms with Gasteiger partial charge in [-0.3, -0.25) is 0 Å². The smallest absolute Gasteiger partial charge is 0.180 e. The van der Waals surface area contributed by atoms with Gasteiger partial charge in [-0.1, -0.05) is 37.3 Å². The summed E-state index contributed by atoms with van der Waals surface area (Å²) in [5.41, 5.74) is 4.29. The van der Waals surface area contributed by atoms with Crippen molar-refractivity contribution in [2.45, 2.75) is 32.2 Å². The number of para-hydroxylation sites is 1. The van der Waals surface area contributed by atoms with Gasteiger partial charge in [0.25, 0.3) is 0 Å². The lowest BCUT2D eigenvalue weighted by Crippen LogP contribution is -2.10. The fourth-order valence-electron chi connectivity index (χ4n) is 2.35. The van der Waals surface area contributed by atoms with Crippen LogP contribution in [-0.2, 0) is 16.4 Å². The molecule has 0 atom stereocenters. The fraction of sp³-hybridized carbons (Fsp3) is 0.294. The molecule has 112 valence electrons. The van der Waals surface area contributed by atoms with Gasteiger partial charge in [-0.25, -0.2) is 8.42 Å². The SMILES string of the molecule is CCS(=O)(=O)c1ccccc1NCc1c(C)cccc1C. The van der Waals surface area contributed by atoms with E-state index in [-0.39, 0.29) is 5.75 Å². The predicted octanol–water partition coefficient (Wildman–Crippen LogP) is 3.71. The third kappa shape index (κ3) is 3.45. The minimum absolute atomic E-state index is 0.106. The Bertz CT molecular complexity index is 716. The number of hydrogen-bond acceptors (Lipinski definition) is 3. The molecule has 0 aliphatic heterocycles. The van der Waals surface area contributed by atoms with Crippen LogP contribution in [0.2, 0.25) is 0 Å². The van der Waals surface area contributed by atoms with E-state index in [0.717, 1.165) is 0 Å².